The molecule has 0 spiro atoms. The Morgan fingerprint density at radius 2 is 2.03 bits per heavy atom. The number of nitrogens with zero attached hydrogens (tertiary/aromatic N) is 1. The van der Waals surface area contributed by atoms with E-state index >= 15 is 0 Å². The van der Waals surface area contributed by atoms with Gasteiger partial charge in [-0.25, -0.2) is 0 Å². The lowest BCUT2D eigenvalue weighted by Gasteiger charge is -2.34. The Morgan fingerprint density at radius 1 is 1.23 bits per heavy atom. The van der Waals surface area contributed by atoms with Gasteiger partial charge in [0.05, 0.1) is 13.4 Å². The van der Waals surface area contributed by atoms with Crippen LogP contribution in [-0.2, 0) is 4.79 Å². The zero-order chi connectivity index (χ0) is 21.1. The van der Waals surface area contributed by atoms with Gasteiger partial charge in [-0.1, -0.05) is 37.3 Å². The summed E-state index contributed by atoms with van der Waals surface area (Å²) in [5.74, 6) is 0.806. The Labute approximate surface area is 178 Å². The maximum absolute atomic E-state index is 13.0. The molecule has 0 saturated carbocycles. The molecule has 3 aromatic rings. The number of ether oxygens (including phenoxy) is 1. The molecule has 2 heterocycles. The van der Waals surface area contributed by atoms with Crippen molar-refractivity contribution >= 4 is 22.4 Å². The number of piperidine rings is 1. The largest absolute Gasteiger partial charge is 0.496 e. The number of rotatable bonds is 5. The topological polar surface area (TPSA) is 42.7 Å². The third-order valence-electron chi connectivity index (χ3n) is 6.13. The van der Waals surface area contributed by atoms with Crippen LogP contribution in [0.25, 0.3) is 27.7 Å². The van der Waals surface area contributed by atoms with Crippen LogP contribution in [0.1, 0.15) is 45.1 Å². The van der Waals surface area contributed by atoms with E-state index in [2.05, 4.69) is 25.1 Å². The first-order chi connectivity index (χ1) is 14.6. The average molecular weight is 404 g/mol. The van der Waals surface area contributed by atoms with Crippen molar-refractivity contribution in [2.75, 3.05) is 13.7 Å². The minimum absolute atomic E-state index is 0.0941. The summed E-state index contributed by atoms with van der Waals surface area (Å²) < 4.78 is 11.4. The van der Waals surface area contributed by atoms with Crippen molar-refractivity contribution in [2.45, 2.75) is 45.6 Å². The second-order valence-corrected chi connectivity index (χ2v) is 7.98. The van der Waals surface area contributed by atoms with Crippen LogP contribution in [0, 0.1) is 0 Å². The number of methoxy groups -OCH3 is 1. The predicted molar refractivity (Wildman–Crippen MR) is 121 cm³/mol. The van der Waals surface area contributed by atoms with E-state index in [1.165, 1.54) is 6.42 Å². The molecule has 0 aliphatic carbocycles. The van der Waals surface area contributed by atoms with Crippen molar-refractivity contribution in [2.24, 2.45) is 0 Å². The summed E-state index contributed by atoms with van der Waals surface area (Å²) in [6, 6.07) is 14.5. The third-order valence-corrected chi connectivity index (χ3v) is 6.13. The molecule has 4 heteroatoms. The number of furan rings is 1. The van der Waals surface area contributed by atoms with Crippen molar-refractivity contribution in [3.05, 3.63) is 60.4 Å². The first kappa shape index (κ1) is 20.3. The van der Waals surface area contributed by atoms with Gasteiger partial charge in [-0.3, -0.25) is 4.79 Å². The minimum atomic E-state index is 0.0941. The molecule has 4 nitrogen and oxygen atoms in total. The first-order valence-corrected chi connectivity index (χ1v) is 10.8. The lowest BCUT2D eigenvalue weighted by molar-refractivity contribution is -0.129. The van der Waals surface area contributed by atoms with E-state index in [1.807, 2.05) is 36.1 Å². The van der Waals surface area contributed by atoms with E-state index in [0.717, 1.165) is 59.0 Å². The number of fused-ring (bicyclic) bond motifs is 1. The molecule has 1 amide bonds. The highest BCUT2D eigenvalue weighted by molar-refractivity contribution is 6.00. The zero-order valence-corrected chi connectivity index (χ0v) is 18.0. The molecule has 1 unspecified atom stereocenters. The lowest BCUT2D eigenvalue weighted by Crippen LogP contribution is -2.42. The molecule has 0 radical (unpaired) electrons. The number of hydrogen-bond donors (Lipinski definition) is 0. The molecule has 1 aliphatic rings. The standard InChI is InChI=1S/C26H29NO3/c1-4-20-12-8-9-13-27(20)26(28)14-18(2)21-15-22-23(19-10-6-5-7-11-19)17-30-25(22)16-24(21)29-3/h5-7,10-11,14-17,20H,4,8-9,12-13H2,1-3H3/b18-14+. The van der Waals surface area contributed by atoms with Gasteiger partial charge in [0.1, 0.15) is 11.3 Å². The third kappa shape index (κ3) is 3.87. The van der Waals surface area contributed by atoms with Gasteiger partial charge in [0.15, 0.2) is 0 Å². The summed E-state index contributed by atoms with van der Waals surface area (Å²) in [5.41, 5.74) is 4.73. The van der Waals surface area contributed by atoms with Gasteiger partial charge in [-0.05, 0) is 49.8 Å². The van der Waals surface area contributed by atoms with Gasteiger partial charge < -0.3 is 14.1 Å². The van der Waals surface area contributed by atoms with E-state index in [4.69, 9.17) is 9.15 Å². The van der Waals surface area contributed by atoms with Crippen LogP contribution in [0.3, 0.4) is 0 Å². The van der Waals surface area contributed by atoms with Gasteiger partial charge >= 0.3 is 0 Å². The number of benzene rings is 2. The summed E-state index contributed by atoms with van der Waals surface area (Å²) in [7, 11) is 1.65. The van der Waals surface area contributed by atoms with Gasteiger partial charge in [0.2, 0.25) is 5.91 Å². The highest BCUT2D eigenvalue weighted by atomic mass is 16.5. The molecule has 1 aliphatic heterocycles. The summed E-state index contributed by atoms with van der Waals surface area (Å²) in [5, 5.41) is 1.02. The van der Waals surface area contributed by atoms with Gasteiger partial charge in [0, 0.05) is 41.2 Å². The highest BCUT2D eigenvalue weighted by Crippen LogP contribution is 2.37. The van der Waals surface area contributed by atoms with Crippen LogP contribution in [-0.4, -0.2) is 30.5 Å². The number of likely N-dealkylation sites (tertiary alicyclic amines) is 1. The van der Waals surface area contributed by atoms with Crippen LogP contribution in [0.2, 0.25) is 0 Å². The molecule has 156 valence electrons. The number of carbonyl (C=O) groups excluding carboxylic acids is 1. The second-order valence-electron chi connectivity index (χ2n) is 7.98. The number of carbonyl (C=O) groups is 1. The first-order valence-electron chi connectivity index (χ1n) is 10.8. The zero-order valence-electron chi connectivity index (χ0n) is 18.0. The van der Waals surface area contributed by atoms with Crippen molar-refractivity contribution in [3.8, 4) is 16.9 Å². The van der Waals surface area contributed by atoms with Crippen LogP contribution >= 0.6 is 0 Å². The lowest BCUT2D eigenvalue weighted by atomic mass is 9.98. The maximum atomic E-state index is 13.0. The SMILES string of the molecule is CCC1CCCCN1C(=O)/C=C(\C)c1cc2c(-c3ccccc3)coc2cc1OC. The Morgan fingerprint density at radius 3 is 2.77 bits per heavy atom. The van der Waals surface area contributed by atoms with Gasteiger partial charge in [-0.15, -0.1) is 0 Å². The van der Waals surface area contributed by atoms with E-state index < -0.39 is 0 Å². The molecule has 1 atom stereocenters. The summed E-state index contributed by atoms with van der Waals surface area (Å²) in [6.45, 7) is 4.99. The molecular formula is C26H29NO3. The van der Waals surface area contributed by atoms with Crippen LogP contribution in [0.4, 0.5) is 0 Å². The van der Waals surface area contributed by atoms with Crippen LogP contribution in [0.5, 0.6) is 5.75 Å². The fourth-order valence-electron chi connectivity index (χ4n) is 4.43. The highest BCUT2D eigenvalue weighted by Gasteiger charge is 2.24. The molecule has 1 fully saturated rings. The van der Waals surface area contributed by atoms with E-state index in [1.54, 1.807) is 19.4 Å². The Balaban J connectivity index is 1.73. The average Bonchev–Trinajstić information content (AvgIpc) is 3.21. The summed E-state index contributed by atoms with van der Waals surface area (Å²) >= 11 is 0. The van der Waals surface area contributed by atoms with Crippen molar-refractivity contribution in [1.29, 1.82) is 0 Å². The van der Waals surface area contributed by atoms with E-state index in [-0.39, 0.29) is 5.91 Å². The van der Waals surface area contributed by atoms with Crippen molar-refractivity contribution < 1.29 is 13.9 Å². The molecule has 1 aromatic heterocycles. The Hall–Kier alpha value is -3.01. The monoisotopic (exact) mass is 403 g/mol. The summed E-state index contributed by atoms with van der Waals surface area (Å²) in [4.78, 5) is 15.1. The van der Waals surface area contributed by atoms with E-state index in [9.17, 15) is 4.79 Å². The molecule has 1 saturated heterocycles. The van der Waals surface area contributed by atoms with Crippen molar-refractivity contribution in [1.82, 2.24) is 4.90 Å². The van der Waals surface area contributed by atoms with Crippen molar-refractivity contribution in [3.63, 3.8) is 0 Å². The molecule has 4 rings (SSSR count). The number of allylic oxidation sites excluding steroid dienone is 1. The minimum Gasteiger partial charge on any atom is -0.496 e. The molecule has 0 N–H and O–H groups in total. The Bertz CT molecular complexity index is 1060. The van der Waals surface area contributed by atoms with E-state index in [0.29, 0.717) is 11.8 Å². The quantitative estimate of drug-likeness (QED) is 0.469. The number of hydrogen-bond acceptors (Lipinski definition) is 3. The van der Waals surface area contributed by atoms with Crippen LogP contribution in [0.15, 0.2) is 59.2 Å². The van der Waals surface area contributed by atoms with Gasteiger partial charge in [-0.2, -0.15) is 0 Å². The Kier molecular flexibility index (Phi) is 5.93. The van der Waals surface area contributed by atoms with Crippen LogP contribution < -0.4 is 4.74 Å². The fraction of sp³-hybridized carbons (Fsp3) is 0.346. The predicted octanol–water partition coefficient (Wildman–Crippen LogP) is 6.30. The molecule has 0 bridgehead atoms. The maximum Gasteiger partial charge on any atom is 0.247 e. The van der Waals surface area contributed by atoms with Gasteiger partial charge in [0.25, 0.3) is 0 Å². The fourth-order valence-corrected chi connectivity index (χ4v) is 4.43. The second kappa shape index (κ2) is 8.78. The molecule has 2 aromatic carbocycles. The molecular weight excluding hydrogens is 374 g/mol. The normalized spacial score (nSPS) is 17.4. The summed E-state index contributed by atoms with van der Waals surface area (Å²) in [6.07, 6.45) is 7.94. The molecule has 30 heavy (non-hydrogen) atoms. The smallest absolute Gasteiger partial charge is 0.247 e. The number of amides is 1.